The molecular weight excluding hydrogens is 374 g/mol. The monoisotopic (exact) mass is 397 g/mol. The topological polar surface area (TPSA) is 66.2 Å². The lowest BCUT2D eigenvalue weighted by Crippen LogP contribution is -2.38. The average Bonchev–Trinajstić information content (AvgIpc) is 2.86. The van der Waals surface area contributed by atoms with E-state index >= 15 is 0 Å². The maximum Gasteiger partial charge on any atom is 0.414 e. The fourth-order valence-electron chi connectivity index (χ4n) is 3.38. The van der Waals surface area contributed by atoms with Gasteiger partial charge in [0.05, 0.1) is 23.0 Å². The predicted molar refractivity (Wildman–Crippen MR) is 110 cm³/mol. The number of hydrogen-bond donors (Lipinski definition) is 0. The number of nitrogens with zero attached hydrogens (tertiary/aromatic N) is 3. The van der Waals surface area contributed by atoms with Crippen LogP contribution in [0.5, 0.6) is 0 Å². The van der Waals surface area contributed by atoms with Gasteiger partial charge in [-0.1, -0.05) is 31.5 Å². The van der Waals surface area contributed by atoms with Gasteiger partial charge in [-0.25, -0.2) is 4.79 Å². The molecule has 0 spiro atoms. The molecule has 146 valence electrons. The number of nitriles is 1. The largest absolute Gasteiger partial charge is 0.443 e. The minimum atomic E-state index is -0.569. The van der Waals surface area contributed by atoms with Gasteiger partial charge in [-0.05, 0) is 50.1 Å². The van der Waals surface area contributed by atoms with Gasteiger partial charge in [-0.3, -0.25) is 9.88 Å². The van der Waals surface area contributed by atoms with Gasteiger partial charge in [0.2, 0.25) is 0 Å². The smallest absolute Gasteiger partial charge is 0.414 e. The lowest BCUT2D eigenvalue weighted by molar-refractivity contribution is 0.0579. The highest BCUT2D eigenvalue weighted by Crippen LogP contribution is 2.40. The Kier molecular flexibility index (Phi) is 5.12. The van der Waals surface area contributed by atoms with Gasteiger partial charge >= 0.3 is 6.09 Å². The molecule has 0 unspecified atom stereocenters. The molecule has 1 amide bonds. The number of hydrogen-bond acceptors (Lipinski definition) is 4. The summed E-state index contributed by atoms with van der Waals surface area (Å²) in [6.07, 6.45) is 1.97. The summed E-state index contributed by atoms with van der Waals surface area (Å²) in [5.41, 5.74) is 3.14. The Balaban J connectivity index is 1.96. The molecule has 0 saturated heterocycles. The third kappa shape index (κ3) is 4.13. The standard InChI is InChI=1S/C22H24ClN3O2/c1-21(2,3)28-20(27)26-13-22(4,5)19-18(26)9-14(12-25-19)8-15-6-7-17(23)10-16(15)11-24/h6-7,9-10,12H,8,13H2,1-5H3. The molecule has 1 aromatic carbocycles. The van der Waals surface area contributed by atoms with Gasteiger partial charge in [0.15, 0.2) is 0 Å². The van der Waals surface area contributed by atoms with Crippen molar-refractivity contribution in [2.75, 3.05) is 11.4 Å². The Morgan fingerprint density at radius 1 is 1.36 bits per heavy atom. The molecule has 1 aliphatic rings. The van der Waals surface area contributed by atoms with Crippen molar-refractivity contribution in [2.24, 2.45) is 0 Å². The molecule has 6 heteroatoms. The van der Waals surface area contributed by atoms with Crippen molar-refractivity contribution in [3.8, 4) is 6.07 Å². The zero-order valence-electron chi connectivity index (χ0n) is 16.8. The summed E-state index contributed by atoms with van der Waals surface area (Å²) in [5, 5.41) is 9.91. The number of benzene rings is 1. The zero-order valence-corrected chi connectivity index (χ0v) is 17.6. The number of carbonyl (C=O) groups excluding carboxylic acids is 1. The highest BCUT2D eigenvalue weighted by atomic mass is 35.5. The highest BCUT2D eigenvalue weighted by Gasteiger charge is 2.41. The van der Waals surface area contributed by atoms with Gasteiger partial charge in [-0.2, -0.15) is 5.26 Å². The second kappa shape index (κ2) is 7.10. The summed E-state index contributed by atoms with van der Waals surface area (Å²) in [6.45, 7) is 10.2. The van der Waals surface area contributed by atoms with Crippen LogP contribution >= 0.6 is 11.6 Å². The minimum absolute atomic E-state index is 0.261. The van der Waals surface area contributed by atoms with Crippen LogP contribution in [0.25, 0.3) is 0 Å². The van der Waals surface area contributed by atoms with Crippen LogP contribution in [0.3, 0.4) is 0 Å². The van der Waals surface area contributed by atoms with Crippen molar-refractivity contribution in [2.45, 2.75) is 52.1 Å². The summed E-state index contributed by atoms with van der Waals surface area (Å²) in [6, 6.07) is 9.44. The van der Waals surface area contributed by atoms with E-state index in [1.54, 1.807) is 17.0 Å². The first-order chi connectivity index (χ1) is 13.0. The van der Waals surface area contributed by atoms with E-state index in [1.807, 2.05) is 39.1 Å². The fraction of sp³-hybridized carbons (Fsp3) is 0.409. The Labute approximate surface area is 170 Å². The van der Waals surface area contributed by atoms with Gasteiger partial charge < -0.3 is 4.74 Å². The fourth-order valence-corrected chi connectivity index (χ4v) is 3.55. The molecule has 0 saturated carbocycles. The Morgan fingerprint density at radius 3 is 2.71 bits per heavy atom. The zero-order chi connectivity index (χ0) is 20.7. The number of aromatic nitrogens is 1. The number of fused-ring (bicyclic) bond motifs is 1. The first-order valence-corrected chi connectivity index (χ1v) is 9.56. The maximum absolute atomic E-state index is 12.7. The van der Waals surface area contributed by atoms with E-state index in [-0.39, 0.29) is 11.5 Å². The predicted octanol–water partition coefficient (Wildman–Crippen LogP) is 5.23. The van der Waals surface area contributed by atoms with Crippen molar-refractivity contribution in [3.63, 3.8) is 0 Å². The van der Waals surface area contributed by atoms with Crippen LogP contribution in [0.2, 0.25) is 5.02 Å². The lowest BCUT2D eigenvalue weighted by atomic mass is 9.91. The normalized spacial score (nSPS) is 15.1. The van der Waals surface area contributed by atoms with Gasteiger partial charge in [-0.15, -0.1) is 0 Å². The molecule has 0 atom stereocenters. The SMILES string of the molecule is CC(C)(C)OC(=O)N1CC(C)(C)c2ncc(Cc3ccc(Cl)cc3C#N)cc21. The number of anilines is 1. The van der Waals surface area contributed by atoms with Crippen LogP contribution in [-0.4, -0.2) is 23.2 Å². The van der Waals surface area contributed by atoms with Crippen molar-refractivity contribution in [1.82, 2.24) is 4.98 Å². The molecule has 28 heavy (non-hydrogen) atoms. The molecule has 2 aromatic rings. The van der Waals surface area contributed by atoms with E-state index < -0.39 is 5.60 Å². The minimum Gasteiger partial charge on any atom is -0.443 e. The van der Waals surface area contributed by atoms with Crippen LogP contribution in [0.15, 0.2) is 30.5 Å². The van der Waals surface area contributed by atoms with E-state index in [1.165, 1.54) is 0 Å². The van der Waals surface area contributed by atoms with E-state index in [0.29, 0.717) is 23.6 Å². The molecule has 3 rings (SSSR count). The third-order valence-electron chi connectivity index (χ3n) is 4.61. The Bertz CT molecular complexity index is 971. The molecule has 5 nitrogen and oxygen atoms in total. The lowest BCUT2D eigenvalue weighted by Gasteiger charge is -2.25. The average molecular weight is 398 g/mol. The van der Waals surface area contributed by atoms with Crippen LogP contribution < -0.4 is 4.90 Å². The van der Waals surface area contributed by atoms with Crippen molar-refractivity contribution >= 4 is 23.4 Å². The maximum atomic E-state index is 12.7. The van der Waals surface area contributed by atoms with Crippen molar-refractivity contribution in [3.05, 3.63) is 57.9 Å². The Morgan fingerprint density at radius 2 is 2.07 bits per heavy atom. The second-order valence-electron chi connectivity index (χ2n) is 8.75. The van der Waals surface area contributed by atoms with Crippen molar-refractivity contribution < 1.29 is 9.53 Å². The van der Waals surface area contributed by atoms with E-state index in [4.69, 9.17) is 16.3 Å². The van der Waals surface area contributed by atoms with Gasteiger partial charge in [0.1, 0.15) is 5.60 Å². The Hall–Kier alpha value is -2.58. The van der Waals surface area contributed by atoms with Crippen LogP contribution in [0.4, 0.5) is 10.5 Å². The van der Waals surface area contributed by atoms with Crippen LogP contribution in [0, 0.1) is 11.3 Å². The van der Waals surface area contributed by atoms with Crippen LogP contribution in [-0.2, 0) is 16.6 Å². The number of carbonyl (C=O) groups is 1. The molecule has 0 aliphatic carbocycles. The van der Waals surface area contributed by atoms with E-state index in [9.17, 15) is 10.1 Å². The first-order valence-electron chi connectivity index (χ1n) is 9.18. The molecule has 0 fully saturated rings. The summed E-state index contributed by atoms with van der Waals surface area (Å²) >= 11 is 5.99. The quantitative estimate of drug-likeness (QED) is 0.695. The molecular formula is C22H24ClN3O2. The van der Waals surface area contributed by atoms with Gasteiger partial charge in [0.25, 0.3) is 0 Å². The number of rotatable bonds is 2. The molecule has 2 heterocycles. The van der Waals surface area contributed by atoms with E-state index in [0.717, 1.165) is 22.5 Å². The molecule has 0 radical (unpaired) electrons. The summed E-state index contributed by atoms with van der Waals surface area (Å²) in [5.74, 6) is 0. The number of ether oxygens (including phenoxy) is 1. The summed E-state index contributed by atoms with van der Waals surface area (Å²) in [4.78, 5) is 19.0. The number of halogens is 1. The third-order valence-corrected chi connectivity index (χ3v) is 4.85. The molecule has 0 N–H and O–H groups in total. The molecule has 1 aromatic heterocycles. The first kappa shape index (κ1) is 20.2. The molecule has 0 bridgehead atoms. The second-order valence-corrected chi connectivity index (χ2v) is 9.19. The number of pyridine rings is 1. The van der Waals surface area contributed by atoms with Crippen molar-refractivity contribution in [1.29, 1.82) is 5.26 Å². The highest BCUT2D eigenvalue weighted by molar-refractivity contribution is 6.30. The molecule has 1 aliphatic heterocycles. The summed E-state index contributed by atoms with van der Waals surface area (Å²) < 4.78 is 5.58. The van der Waals surface area contributed by atoms with Gasteiger partial charge in [0, 0.05) is 29.6 Å². The van der Waals surface area contributed by atoms with Crippen LogP contribution in [0.1, 0.15) is 57.0 Å². The summed E-state index contributed by atoms with van der Waals surface area (Å²) in [7, 11) is 0. The number of amides is 1. The van der Waals surface area contributed by atoms with E-state index in [2.05, 4.69) is 24.9 Å².